The Morgan fingerprint density at radius 1 is 1.17 bits per heavy atom. The molecule has 0 unspecified atom stereocenters. The summed E-state index contributed by atoms with van der Waals surface area (Å²) in [6.45, 7) is -0.0689. The Kier molecular flexibility index (Phi) is 5.03. The Hall–Kier alpha value is -1.78. The van der Waals surface area contributed by atoms with Crippen LogP contribution in [0.1, 0.15) is 24.1 Å². The summed E-state index contributed by atoms with van der Waals surface area (Å²) in [4.78, 5) is 16.4. The van der Waals surface area contributed by atoms with Crippen molar-refractivity contribution in [1.29, 1.82) is 0 Å². The van der Waals surface area contributed by atoms with Gasteiger partial charge < -0.3 is 10.1 Å². The second kappa shape index (κ2) is 7.20. The molecule has 1 aromatic carbocycles. The number of fused-ring (bicyclic) bond motifs is 1. The predicted molar refractivity (Wildman–Crippen MR) is 91.5 cm³/mol. The number of carbonyl (C=O) groups excluding carboxylic acids is 1. The summed E-state index contributed by atoms with van der Waals surface area (Å²) in [5.74, 6) is 0.485. The Morgan fingerprint density at radius 3 is 2.70 bits per heavy atom. The predicted octanol–water partition coefficient (Wildman–Crippen LogP) is 4.28. The summed E-state index contributed by atoms with van der Waals surface area (Å²) in [6.07, 6.45) is 5.93. The molecule has 0 atom stereocenters. The van der Waals surface area contributed by atoms with E-state index in [0.29, 0.717) is 15.7 Å². The van der Waals surface area contributed by atoms with E-state index in [-0.39, 0.29) is 12.5 Å². The molecule has 1 N–H and O–H groups in total. The van der Waals surface area contributed by atoms with Crippen molar-refractivity contribution in [3.05, 3.63) is 51.8 Å². The lowest BCUT2D eigenvalue weighted by atomic mass is 9.95. The number of hydrogen-bond donors (Lipinski definition) is 1. The van der Waals surface area contributed by atoms with E-state index in [1.165, 1.54) is 0 Å². The topological polar surface area (TPSA) is 51.2 Å². The number of aryl methyl sites for hydroxylation is 1. The molecule has 6 heteroatoms. The number of carbonyl (C=O) groups is 1. The number of amides is 1. The van der Waals surface area contributed by atoms with Crippen LogP contribution in [0.2, 0.25) is 10.0 Å². The molecule has 1 amide bonds. The molecule has 0 bridgehead atoms. The highest BCUT2D eigenvalue weighted by atomic mass is 35.5. The van der Waals surface area contributed by atoms with Crippen molar-refractivity contribution in [2.24, 2.45) is 0 Å². The Bertz CT molecular complexity index is 714. The van der Waals surface area contributed by atoms with Crippen molar-refractivity contribution in [2.45, 2.75) is 25.7 Å². The monoisotopic (exact) mass is 350 g/mol. The minimum Gasteiger partial charge on any atom is -0.483 e. The van der Waals surface area contributed by atoms with E-state index in [1.807, 2.05) is 6.07 Å². The van der Waals surface area contributed by atoms with E-state index in [9.17, 15) is 4.79 Å². The molecule has 4 nitrogen and oxygen atoms in total. The summed E-state index contributed by atoms with van der Waals surface area (Å²) in [5.41, 5.74) is 2.75. The van der Waals surface area contributed by atoms with Gasteiger partial charge in [-0.05, 0) is 49.9 Å². The van der Waals surface area contributed by atoms with Crippen molar-refractivity contribution >= 4 is 34.8 Å². The summed E-state index contributed by atoms with van der Waals surface area (Å²) in [6, 6.07) is 6.70. The second-order valence-corrected chi connectivity index (χ2v) is 6.31. The molecule has 0 saturated carbocycles. The first kappa shape index (κ1) is 16.1. The summed E-state index contributed by atoms with van der Waals surface area (Å²) in [7, 11) is 0. The summed E-state index contributed by atoms with van der Waals surface area (Å²) < 4.78 is 5.68. The fraction of sp³-hybridized carbons (Fsp3) is 0.294. The van der Waals surface area contributed by atoms with Gasteiger partial charge in [0.05, 0.1) is 0 Å². The zero-order valence-electron chi connectivity index (χ0n) is 12.4. The Balaban J connectivity index is 1.63. The highest BCUT2D eigenvalue weighted by Gasteiger charge is 2.16. The van der Waals surface area contributed by atoms with Crippen LogP contribution >= 0.6 is 23.2 Å². The Labute approximate surface area is 144 Å². The summed E-state index contributed by atoms with van der Waals surface area (Å²) in [5, 5.41) is 3.66. The first-order valence-corrected chi connectivity index (χ1v) is 8.23. The van der Waals surface area contributed by atoms with Crippen molar-refractivity contribution in [3.8, 4) is 5.75 Å². The third kappa shape index (κ3) is 4.15. The highest BCUT2D eigenvalue weighted by molar-refractivity contribution is 6.35. The van der Waals surface area contributed by atoms with Crippen LogP contribution in [-0.2, 0) is 17.6 Å². The van der Waals surface area contributed by atoms with E-state index in [2.05, 4.69) is 10.3 Å². The van der Waals surface area contributed by atoms with Crippen LogP contribution in [-0.4, -0.2) is 17.5 Å². The molecule has 23 heavy (non-hydrogen) atoms. The largest absolute Gasteiger partial charge is 0.483 e. The quantitative estimate of drug-likeness (QED) is 0.894. The minimum absolute atomic E-state index is 0.0689. The number of nitrogens with zero attached hydrogens (tertiary/aromatic N) is 1. The second-order valence-electron chi connectivity index (χ2n) is 5.44. The standard InChI is InChI=1S/C17H16Cl2N2O2/c18-11-7-12(19)9-13(8-11)21-17(22)10-23-16-5-6-20-15-4-2-1-3-14(15)16/h5-9H,1-4,10H2,(H,21,22). The van der Waals surface area contributed by atoms with E-state index in [0.717, 1.165) is 42.7 Å². The van der Waals surface area contributed by atoms with Crippen LogP contribution in [0.5, 0.6) is 5.75 Å². The molecule has 1 aliphatic rings. The molecule has 0 fully saturated rings. The van der Waals surface area contributed by atoms with Crippen LogP contribution in [0.4, 0.5) is 5.69 Å². The fourth-order valence-corrected chi connectivity index (χ4v) is 3.22. The van der Waals surface area contributed by atoms with E-state index < -0.39 is 0 Å². The SMILES string of the molecule is O=C(COc1ccnc2c1CCCC2)Nc1cc(Cl)cc(Cl)c1. The van der Waals surface area contributed by atoms with Gasteiger partial charge >= 0.3 is 0 Å². The number of benzene rings is 1. The first-order chi connectivity index (χ1) is 11.1. The van der Waals surface area contributed by atoms with Crippen molar-refractivity contribution < 1.29 is 9.53 Å². The minimum atomic E-state index is -0.260. The Morgan fingerprint density at radius 2 is 1.91 bits per heavy atom. The number of hydrogen-bond acceptors (Lipinski definition) is 3. The molecule has 1 aromatic heterocycles. The molecule has 0 radical (unpaired) electrons. The maximum Gasteiger partial charge on any atom is 0.262 e. The van der Waals surface area contributed by atoms with Gasteiger partial charge in [-0.3, -0.25) is 9.78 Å². The van der Waals surface area contributed by atoms with Crippen molar-refractivity contribution in [2.75, 3.05) is 11.9 Å². The zero-order valence-corrected chi connectivity index (χ0v) is 14.0. The lowest BCUT2D eigenvalue weighted by molar-refractivity contribution is -0.118. The van der Waals surface area contributed by atoms with Gasteiger partial charge in [0.1, 0.15) is 5.75 Å². The molecule has 2 aromatic rings. The van der Waals surface area contributed by atoms with Crippen LogP contribution in [0.3, 0.4) is 0 Å². The third-order valence-electron chi connectivity index (χ3n) is 3.70. The van der Waals surface area contributed by atoms with Gasteiger partial charge in [-0.1, -0.05) is 23.2 Å². The lowest BCUT2D eigenvalue weighted by Gasteiger charge is -2.18. The molecular formula is C17H16Cl2N2O2. The van der Waals surface area contributed by atoms with Gasteiger partial charge in [-0.25, -0.2) is 0 Å². The maximum atomic E-state index is 12.0. The third-order valence-corrected chi connectivity index (χ3v) is 4.13. The number of nitrogens with one attached hydrogen (secondary N) is 1. The highest BCUT2D eigenvalue weighted by Crippen LogP contribution is 2.28. The average Bonchev–Trinajstić information content (AvgIpc) is 2.52. The van der Waals surface area contributed by atoms with Gasteiger partial charge in [-0.2, -0.15) is 0 Å². The molecule has 3 rings (SSSR count). The van der Waals surface area contributed by atoms with Crippen molar-refractivity contribution in [3.63, 3.8) is 0 Å². The number of pyridine rings is 1. The van der Waals surface area contributed by atoms with E-state index >= 15 is 0 Å². The van der Waals surface area contributed by atoms with Crippen LogP contribution < -0.4 is 10.1 Å². The van der Waals surface area contributed by atoms with E-state index in [4.69, 9.17) is 27.9 Å². The summed E-state index contributed by atoms with van der Waals surface area (Å²) >= 11 is 11.8. The van der Waals surface area contributed by atoms with Crippen LogP contribution in [0, 0.1) is 0 Å². The smallest absolute Gasteiger partial charge is 0.262 e. The van der Waals surface area contributed by atoms with Crippen LogP contribution in [0.25, 0.3) is 0 Å². The number of aromatic nitrogens is 1. The number of halogens is 2. The lowest BCUT2D eigenvalue weighted by Crippen LogP contribution is -2.21. The van der Waals surface area contributed by atoms with Gasteiger partial charge in [0.15, 0.2) is 6.61 Å². The van der Waals surface area contributed by atoms with E-state index in [1.54, 1.807) is 24.4 Å². The molecule has 0 spiro atoms. The van der Waals surface area contributed by atoms with Gasteiger partial charge in [0.25, 0.3) is 5.91 Å². The van der Waals surface area contributed by atoms with Gasteiger partial charge in [0, 0.05) is 33.2 Å². The van der Waals surface area contributed by atoms with Crippen molar-refractivity contribution in [1.82, 2.24) is 4.98 Å². The number of anilines is 1. The molecule has 0 saturated heterocycles. The first-order valence-electron chi connectivity index (χ1n) is 7.47. The molecule has 1 heterocycles. The van der Waals surface area contributed by atoms with Gasteiger partial charge in [-0.15, -0.1) is 0 Å². The number of rotatable bonds is 4. The van der Waals surface area contributed by atoms with Crippen LogP contribution in [0.15, 0.2) is 30.5 Å². The zero-order chi connectivity index (χ0) is 16.2. The number of ether oxygens (including phenoxy) is 1. The molecule has 120 valence electrons. The average molecular weight is 351 g/mol. The fourth-order valence-electron chi connectivity index (χ4n) is 2.69. The maximum absolute atomic E-state index is 12.0. The normalized spacial score (nSPS) is 13.3. The molecule has 1 aliphatic carbocycles. The molecular weight excluding hydrogens is 335 g/mol. The molecule has 0 aliphatic heterocycles. The van der Waals surface area contributed by atoms with Gasteiger partial charge in [0.2, 0.25) is 0 Å².